The van der Waals surface area contributed by atoms with Crippen molar-refractivity contribution in [1.29, 1.82) is 0 Å². The van der Waals surface area contributed by atoms with E-state index in [1.165, 1.54) is 0 Å². The molecule has 0 saturated heterocycles. The van der Waals surface area contributed by atoms with Gasteiger partial charge in [-0.2, -0.15) is 0 Å². The lowest BCUT2D eigenvalue weighted by Crippen LogP contribution is -2.42. The number of hydrogen-bond acceptors (Lipinski definition) is 4. The molecule has 0 aliphatic carbocycles. The summed E-state index contributed by atoms with van der Waals surface area (Å²) in [4.78, 5) is 11.7. The molecule has 0 unspecified atom stereocenters. The Kier molecular flexibility index (Phi) is 5.13. The van der Waals surface area contributed by atoms with Crippen LogP contribution in [0.3, 0.4) is 0 Å². The predicted molar refractivity (Wildman–Crippen MR) is 86.5 cm³/mol. The first-order chi connectivity index (χ1) is 10.3. The summed E-state index contributed by atoms with van der Waals surface area (Å²) in [5.41, 5.74) is 1.31. The van der Waals surface area contributed by atoms with Crippen molar-refractivity contribution in [3.8, 4) is 11.3 Å². The lowest BCUT2D eigenvalue weighted by Gasteiger charge is -2.20. The second-order valence-electron chi connectivity index (χ2n) is 6.07. The highest BCUT2D eigenvalue weighted by molar-refractivity contribution is 7.84. The van der Waals surface area contributed by atoms with Crippen LogP contribution in [-0.4, -0.2) is 26.6 Å². The first kappa shape index (κ1) is 16.4. The summed E-state index contributed by atoms with van der Waals surface area (Å²) >= 11 is 0. The van der Waals surface area contributed by atoms with E-state index in [4.69, 9.17) is 4.52 Å². The van der Waals surface area contributed by atoms with E-state index in [0.29, 0.717) is 11.5 Å². The Labute approximate surface area is 132 Å². The minimum Gasteiger partial charge on any atom is -0.360 e. The Morgan fingerprint density at radius 2 is 1.95 bits per heavy atom. The fraction of sp³-hybridized carbons (Fsp3) is 0.375. The van der Waals surface area contributed by atoms with Crippen molar-refractivity contribution in [3.05, 3.63) is 42.2 Å². The van der Waals surface area contributed by atoms with Crippen LogP contribution in [0.2, 0.25) is 0 Å². The SMILES string of the molecule is CC(C)(C)NC(=O)C[S@@](=O)Cc1cc(-c2ccccc2)no1. The van der Waals surface area contributed by atoms with Crippen LogP contribution < -0.4 is 5.32 Å². The number of rotatable bonds is 5. The van der Waals surface area contributed by atoms with Gasteiger partial charge in [0.1, 0.15) is 17.2 Å². The maximum absolute atomic E-state index is 12.0. The molecule has 1 aromatic carbocycles. The van der Waals surface area contributed by atoms with Crippen LogP contribution in [0.1, 0.15) is 26.5 Å². The zero-order chi connectivity index (χ0) is 16.2. The molecule has 0 aliphatic rings. The first-order valence-electron chi connectivity index (χ1n) is 7.00. The van der Waals surface area contributed by atoms with Gasteiger partial charge in [0, 0.05) is 28.0 Å². The Bertz CT molecular complexity index is 660. The maximum Gasteiger partial charge on any atom is 0.233 e. The van der Waals surface area contributed by atoms with Crippen molar-refractivity contribution in [2.24, 2.45) is 0 Å². The molecule has 2 rings (SSSR count). The Hall–Kier alpha value is -1.95. The molecule has 1 heterocycles. The van der Waals surface area contributed by atoms with Gasteiger partial charge in [0.2, 0.25) is 5.91 Å². The number of nitrogens with one attached hydrogen (secondary N) is 1. The summed E-state index contributed by atoms with van der Waals surface area (Å²) < 4.78 is 17.2. The molecular weight excluding hydrogens is 300 g/mol. The van der Waals surface area contributed by atoms with Gasteiger partial charge in [0.25, 0.3) is 0 Å². The van der Waals surface area contributed by atoms with E-state index < -0.39 is 10.8 Å². The highest BCUT2D eigenvalue weighted by Gasteiger charge is 2.17. The molecule has 0 bridgehead atoms. The average molecular weight is 320 g/mol. The minimum atomic E-state index is -1.32. The molecule has 0 saturated carbocycles. The van der Waals surface area contributed by atoms with Crippen LogP contribution >= 0.6 is 0 Å². The predicted octanol–water partition coefficient (Wildman–Crippen LogP) is 2.51. The molecule has 0 radical (unpaired) electrons. The number of benzene rings is 1. The number of amides is 1. The number of carbonyl (C=O) groups is 1. The van der Waals surface area contributed by atoms with Crippen molar-refractivity contribution in [2.45, 2.75) is 32.1 Å². The van der Waals surface area contributed by atoms with Gasteiger partial charge >= 0.3 is 0 Å². The van der Waals surface area contributed by atoms with Crippen molar-refractivity contribution in [3.63, 3.8) is 0 Å². The van der Waals surface area contributed by atoms with Crippen molar-refractivity contribution in [1.82, 2.24) is 10.5 Å². The molecule has 0 fully saturated rings. The third-order valence-electron chi connectivity index (χ3n) is 2.74. The summed E-state index contributed by atoms with van der Waals surface area (Å²) in [5.74, 6) is 0.421. The van der Waals surface area contributed by atoms with Gasteiger partial charge in [0.05, 0.1) is 5.75 Å². The minimum absolute atomic E-state index is 0.0430. The van der Waals surface area contributed by atoms with Gasteiger partial charge in [-0.25, -0.2) is 0 Å². The Morgan fingerprint density at radius 1 is 1.27 bits per heavy atom. The summed E-state index contributed by atoms with van der Waals surface area (Å²) in [7, 11) is -1.32. The molecule has 2 aromatic rings. The van der Waals surface area contributed by atoms with Gasteiger partial charge in [-0.3, -0.25) is 9.00 Å². The van der Waals surface area contributed by atoms with Crippen LogP contribution in [0.5, 0.6) is 0 Å². The highest BCUT2D eigenvalue weighted by atomic mass is 32.2. The van der Waals surface area contributed by atoms with Crippen molar-refractivity contribution >= 4 is 16.7 Å². The zero-order valence-corrected chi connectivity index (χ0v) is 13.8. The fourth-order valence-electron chi connectivity index (χ4n) is 1.94. The molecule has 5 nitrogen and oxygen atoms in total. The second-order valence-corrected chi connectivity index (χ2v) is 7.53. The van der Waals surface area contributed by atoms with E-state index >= 15 is 0 Å². The molecular formula is C16H20N2O3S. The molecule has 22 heavy (non-hydrogen) atoms. The average Bonchev–Trinajstić information content (AvgIpc) is 2.85. The van der Waals surface area contributed by atoms with Crippen LogP contribution in [-0.2, 0) is 21.3 Å². The molecule has 0 aliphatic heterocycles. The third kappa shape index (κ3) is 5.11. The van der Waals surface area contributed by atoms with E-state index in [0.717, 1.165) is 5.56 Å². The molecule has 1 N–H and O–H groups in total. The summed E-state index contributed by atoms with van der Waals surface area (Å²) in [6.45, 7) is 5.66. The largest absolute Gasteiger partial charge is 0.360 e. The molecule has 1 amide bonds. The number of nitrogens with zero attached hydrogens (tertiary/aromatic N) is 1. The van der Waals surface area contributed by atoms with Crippen LogP contribution in [0.4, 0.5) is 0 Å². The zero-order valence-electron chi connectivity index (χ0n) is 13.0. The number of carbonyl (C=O) groups excluding carboxylic acids is 1. The standard InChI is InChI=1S/C16H20N2O3S/c1-16(2,3)17-15(19)11-22(20)10-13-9-14(18-21-13)12-7-5-4-6-8-12/h4-9H,10-11H2,1-3H3,(H,17,19)/t22-/m0/s1. The van der Waals surface area contributed by atoms with Gasteiger partial charge in [-0.05, 0) is 20.8 Å². The van der Waals surface area contributed by atoms with E-state index in [1.807, 2.05) is 51.1 Å². The highest BCUT2D eigenvalue weighted by Crippen LogP contribution is 2.19. The third-order valence-corrected chi connectivity index (χ3v) is 3.93. The Morgan fingerprint density at radius 3 is 2.59 bits per heavy atom. The fourth-order valence-corrected chi connectivity index (χ4v) is 2.86. The lowest BCUT2D eigenvalue weighted by molar-refractivity contribution is -0.119. The van der Waals surface area contributed by atoms with E-state index in [2.05, 4.69) is 10.5 Å². The van der Waals surface area contributed by atoms with Gasteiger partial charge in [-0.1, -0.05) is 35.5 Å². The number of aromatic nitrogens is 1. The lowest BCUT2D eigenvalue weighted by atomic mass is 10.1. The molecule has 6 heteroatoms. The van der Waals surface area contributed by atoms with Crippen molar-refractivity contribution < 1.29 is 13.5 Å². The topological polar surface area (TPSA) is 72.2 Å². The normalized spacial score (nSPS) is 12.9. The monoisotopic (exact) mass is 320 g/mol. The van der Waals surface area contributed by atoms with Crippen LogP contribution in [0, 0.1) is 0 Å². The smallest absolute Gasteiger partial charge is 0.233 e. The summed E-state index contributed by atoms with van der Waals surface area (Å²) in [6.07, 6.45) is 0. The first-order valence-corrected chi connectivity index (χ1v) is 8.49. The number of hydrogen-bond donors (Lipinski definition) is 1. The van der Waals surface area contributed by atoms with Crippen LogP contribution in [0.25, 0.3) is 11.3 Å². The molecule has 1 aromatic heterocycles. The van der Waals surface area contributed by atoms with Gasteiger partial charge < -0.3 is 9.84 Å². The quantitative estimate of drug-likeness (QED) is 0.919. The summed E-state index contributed by atoms with van der Waals surface area (Å²) in [6, 6.07) is 11.4. The molecule has 0 spiro atoms. The molecule has 118 valence electrons. The Balaban J connectivity index is 1.93. The van der Waals surface area contributed by atoms with Gasteiger partial charge in [0.15, 0.2) is 0 Å². The van der Waals surface area contributed by atoms with Crippen LogP contribution in [0.15, 0.2) is 40.9 Å². The van der Waals surface area contributed by atoms with E-state index in [9.17, 15) is 9.00 Å². The maximum atomic E-state index is 12.0. The van der Waals surface area contributed by atoms with E-state index in [1.54, 1.807) is 6.07 Å². The second kappa shape index (κ2) is 6.87. The van der Waals surface area contributed by atoms with Crippen molar-refractivity contribution in [2.75, 3.05) is 5.75 Å². The molecule has 1 atom stereocenters. The summed E-state index contributed by atoms with van der Waals surface area (Å²) in [5, 5.41) is 6.76. The van der Waals surface area contributed by atoms with E-state index in [-0.39, 0.29) is 23.0 Å². The van der Waals surface area contributed by atoms with Gasteiger partial charge in [-0.15, -0.1) is 0 Å².